The van der Waals surface area contributed by atoms with Gasteiger partial charge in [-0.05, 0) is 27.2 Å². The van der Waals surface area contributed by atoms with Gasteiger partial charge in [-0.1, -0.05) is 19.2 Å². The number of hydrogen-bond acceptors (Lipinski definition) is 3. The van der Waals surface area contributed by atoms with Gasteiger partial charge in [-0.15, -0.1) is 0 Å². The van der Waals surface area contributed by atoms with Crippen LogP contribution in [-0.2, 0) is 13.6 Å². The molecule has 74 valence electrons. The van der Waals surface area contributed by atoms with Crippen molar-refractivity contribution in [1.29, 1.82) is 0 Å². The molecule has 0 rings (SSSR count). The van der Waals surface area contributed by atoms with Crippen molar-refractivity contribution >= 4 is 19.0 Å². The maximum Gasteiger partial charge on any atom is 0.386 e. The highest BCUT2D eigenvalue weighted by molar-refractivity contribution is 8.44. The van der Waals surface area contributed by atoms with E-state index in [1.165, 1.54) is 0 Å². The number of thiol groups is 1. The summed E-state index contributed by atoms with van der Waals surface area (Å²) in [6, 6.07) is 0. The lowest BCUT2D eigenvalue weighted by molar-refractivity contribution is 0.105. The zero-order chi connectivity index (χ0) is 9.83. The second kappa shape index (κ2) is 4.66. The minimum Gasteiger partial charge on any atom is -0.301 e. The molecule has 0 radical (unpaired) electrons. The van der Waals surface area contributed by atoms with Crippen molar-refractivity contribution in [3.05, 3.63) is 0 Å². The lowest BCUT2D eigenvalue weighted by atomic mass is 10.2. The van der Waals surface area contributed by atoms with Gasteiger partial charge in [0.15, 0.2) is 0 Å². The Morgan fingerprint density at radius 1 is 1.42 bits per heavy atom. The van der Waals surface area contributed by atoms with Crippen LogP contribution in [0.2, 0.25) is 0 Å². The summed E-state index contributed by atoms with van der Waals surface area (Å²) in [4.78, 5) is 0. The molecule has 0 N–H and O–H groups in total. The normalized spacial score (nSPS) is 17.4. The summed E-state index contributed by atoms with van der Waals surface area (Å²) < 4.78 is 21.5. The fraction of sp³-hybridized carbons (Fsp3) is 1.00. The predicted octanol–water partition coefficient (Wildman–Crippen LogP) is 3.27. The Balaban J connectivity index is 3.96. The van der Waals surface area contributed by atoms with Crippen LogP contribution in [0.1, 0.15) is 34.1 Å². The van der Waals surface area contributed by atoms with Gasteiger partial charge in [0.1, 0.15) is 0 Å². The third kappa shape index (κ3) is 7.17. The van der Waals surface area contributed by atoms with Crippen LogP contribution >= 0.6 is 19.0 Å². The Morgan fingerprint density at radius 2 is 1.92 bits per heavy atom. The molecular formula is C7H17O3PS. The van der Waals surface area contributed by atoms with E-state index in [1.54, 1.807) is 0 Å². The van der Waals surface area contributed by atoms with E-state index in [0.29, 0.717) is 6.61 Å². The summed E-state index contributed by atoms with van der Waals surface area (Å²) in [6.45, 7) is 4.64. The highest BCUT2D eigenvalue weighted by Gasteiger charge is 2.26. The fourth-order valence-electron chi connectivity index (χ4n) is 0.579. The van der Waals surface area contributed by atoms with Gasteiger partial charge in [0.25, 0.3) is 0 Å². The average molecular weight is 212 g/mol. The molecular weight excluding hydrogens is 195 g/mol. The minimum atomic E-state index is -3.14. The van der Waals surface area contributed by atoms with Gasteiger partial charge in [-0.2, -0.15) is 0 Å². The first-order valence-electron chi connectivity index (χ1n) is 3.95. The second-order valence-electron chi connectivity index (χ2n) is 3.51. The zero-order valence-corrected chi connectivity index (χ0v) is 9.82. The van der Waals surface area contributed by atoms with E-state index in [9.17, 15) is 4.57 Å². The summed E-state index contributed by atoms with van der Waals surface area (Å²) in [5, 5.41) is 0. The van der Waals surface area contributed by atoms with Crippen molar-refractivity contribution in [2.75, 3.05) is 6.61 Å². The second-order valence-corrected chi connectivity index (χ2v) is 6.35. The molecule has 0 bridgehead atoms. The molecule has 0 aromatic rings. The molecule has 5 heteroatoms. The predicted molar refractivity (Wildman–Crippen MR) is 53.7 cm³/mol. The Kier molecular flexibility index (Phi) is 4.85. The third-order valence-electron chi connectivity index (χ3n) is 0.848. The number of hydrogen-bond donors (Lipinski definition) is 1. The fourth-order valence-corrected chi connectivity index (χ4v) is 2.72. The molecule has 0 heterocycles. The van der Waals surface area contributed by atoms with Crippen LogP contribution in [-0.4, -0.2) is 12.2 Å². The molecule has 0 aromatic heterocycles. The standard InChI is InChI=1S/C7H17O3PS/c1-5-6-9-11(8,12)10-7(2,3)4/h5-6H2,1-4H3,(H,8,12). The van der Waals surface area contributed by atoms with Crippen LogP contribution in [0.25, 0.3) is 0 Å². The summed E-state index contributed by atoms with van der Waals surface area (Å²) in [5.41, 5.74) is -0.481. The average Bonchev–Trinajstić information content (AvgIpc) is 1.78. The molecule has 0 fully saturated rings. The lowest BCUT2D eigenvalue weighted by Gasteiger charge is -2.23. The Bertz CT molecular complexity index is 176. The maximum absolute atomic E-state index is 11.4. The van der Waals surface area contributed by atoms with Gasteiger partial charge in [0.05, 0.1) is 12.2 Å². The minimum absolute atomic E-state index is 0.414. The van der Waals surface area contributed by atoms with Crippen molar-refractivity contribution in [3.63, 3.8) is 0 Å². The van der Waals surface area contributed by atoms with Gasteiger partial charge in [0, 0.05) is 0 Å². The molecule has 0 aromatic carbocycles. The summed E-state index contributed by atoms with van der Waals surface area (Å²) in [6.07, 6.45) is 0.804. The monoisotopic (exact) mass is 212 g/mol. The molecule has 1 atom stereocenters. The van der Waals surface area contributed by atoms with Gasteiger partial charge in [-0.25, -0.2) is 4.57 Å². The largest absolute Gasteiger partial charge is 0.386 e. The van der Waals surface area contributed by atoms with Gasteiger partial charge >= 0.3 is 6.80 Å². The highest BCUT2D eigenvalue weighted by Crippen LogP contribution is 2.55. The molecule has 0 aliphatic carbocycles. The van der Waals surface area contributed by atoms with Gasteiger partial charge in [0.2, 0.25) is 0 Å². The van der Waals surface area contributed by atoms with Gasteiger partial charge < -0.3 is 4.52 Å². The van der Waals surface area contributed by atoms with E-state index in [-0.39, 0.29) is 0 Å². The van der Waals surface area contributed by atoms with E-state index in [4.69, 9.17) is 9.05 Å². The van der Waals surface area contributed by atoms with Crippen molar-refractivity contribution in [3.8, 4) is 0 Å². The summed E-state index contributed by atoms with van der Waals surface area (Å²) >= 11 is 3.83. The van der Waals surface area contributed by atoms with Crippen LogP contribution in [0.5, 0.6) is 0 Å². The van der Waals surface area contributed by atoms with E-state index < -0.39 is 12.4 Å². The molecule has 1 unspecified atom stereocenters. The first kappa shape index (κ1) is 12.5. The first-order valence-corrected chi connectivity index (χ1v) is 6.64. The van der Waals surface area contributed by atoms with E-state index in [2.05, 4.69) is 12.2 Å². The summed E-state index contributed by atoms with van der Waals surface area (Å²) in [7, 11) is 0. The molecule has 0 saturated carbocycles. The van der Waals surface area contributed by atoms with Crippen LogP contribution in [0.4, 0.5) is 0 Å². The smallest absolute Gasteiger partial charge is 0.301 e. The Labute approximate surface area is 79.5 Å². The van der Waals surface area contributed by atoms with Crippen molar-refractivity contribution in [2.45, 2.75) is 39.7 Å². The first-order chi connectivity index (χ1) is 5.27. The molecule has 0 saturated heterocycles. The lowest BCUT2D eigenvalue weighted by Crippen LogP contribution is -2.16. The van der Waals surface area contributed by atoms with Crippen LogP contribution in [0.15, 0.2) is 0 Å². The molecule has 12 heavy (non-hydrogen) atoms. The van der Waals surface area contributed by atoms with Gasteiger partial charge in [-0.3, -0.25) is 4.52 Å². The van der Waals surface area contributed by atoms with Crippen LogP contribution in [0, 0.1) is 0 Å². The molecule has 0 spiro atoms. The quantitative estimate of drug-likeness (QED) is 0.573. The maximum atomic E-state index is 11.4. The van der Waals surface area contributed by atoms with Crippen LogP contribution < -0.4 is 0 Å². The van der Waals surface area contributed by atoms with Crippen LogP contribution in [0.3, 0.4) is 0 Å². The topological polar surface area (TPSA) is 35.5 Å². The van der Waals surface area contributed by atoms with Crippen molar-refractivity contribution < 1.29 is 13.6 Å². The molecule has 3 nitrogen and oxygen atoms in total. The van der Waals surface area contributed by atoms with E-state index in [0.717, 1.165) is 6.42 Å². The SMILES string of the molecule is CCCOP(=O)(S)OC(C)(C)C. The van der Waals surface area contributed by atoms with E-state index in [1.807, 2.05) is 27.7 Å². The molecule has 0 amide bonds. The third-order valence-corrected chi connectivity index (χ3v) is 2.73. The Morgan fingerprint density at radius 3 is 2.25 bits per heavy atom. The Hall–Kier alpha value is 0.500. The van der Waals surface area contributed by atoms with Crippen molar-refractivity contribution in [1.82, 2.24) is 0 Å². The summed E-state index contributed by atoms with van der Waals surface area (Å²) in [5.74, 6) is 0. The molecule has 0 aliphatic heterocycles. The van der Waals surface area contributed by atoms with Crippen molar-refractivity contribution in [2.24, 2.45) is 0 Å². The zero-order valence-electron chi connectivity index (χ0n) is 8.03. The molecule has 0 aliphatic rings. The van der Waals surface area contributed by atoms with E-state index >= 15 is 0 Å². The highest BCUT2D eigenvalue weighted by atomic mass is 32.7. The number of rotatable bonds is 4.